The number of carboxylic acids is 2. The first-order valence-corrected chi connectivity index (χ1v) is 33.9. The Morgan fingerprint density at radius 2 is 1.01 bits per heavy atom. The molecule has 4 aromatic rings. The maximum absolute atomic E-state index is 13.9. The van der Waals surface area contributed by atoms with Gasteiger partial charge in [0.1, 0.15) is 10.7 Å². The lowest BCUT2D eigenvalue weighted by atomic mass is 9.51. The van der Waals surface area contributed by atoms with Crippen molar-refractivity contribution in [1.82, 2.24) is 9.80 Å². The molecule has 4 bridgehead atoms. The monoisotopic (exact) mass is 1220 g/mol. The molecule has 22 heteroatoms. The second-order valence-corrected chi connectivity index (χ2v) is 32.1. The van der Waals surface area contributed by atoms with Crippen molar-refractivity contribution < 1.29 is 61.5 Å². The molecule has 6 aliphatic carbocycles. The average molecular weight is 1220 g/mol. The van der Waals surface area contributed by atoms with E-state index in [1.165, 1.54) is 41.7 Å². The van der Waals surface area contributed by atoms with Crippen LogP contribution in [0.2, 0.25) is 0 Å². The number of amides is 2. The number of anilines is 2. The lowest BCUT2D eigenvalue weighted by Crippen LogP contribution is -2.61. The van der Waals surface area contributed by atoms with E-state index < -0.39 is 78.6 Å². The Morgan fingerprint density at radius 1 is 0.631 bits per heavy atom. The Bertz CT molecular complexity index is 3810. The van der Waals surface area contributed by atoms with Gasteiger partial charge in [-0.15, -0.1) is 0 Å². The van der Waals surface area contributed by atoms with Gasteiger partial charge in [0, 0.05) is 32.9 Å². The third-order valence-corrected chi connectivity index (χ3v) is 27.5. The number of thioether (sulfide) groups is 2. The number of β-lactam (4-membered cyclic amide) rings is 2. The van der Waals surface area contributed by atoms with E-state index in [9.17, 15) is 61.5 Å². The Balaban J connectivity index is 0.000000157. The summed E-state index contributed by atoms with van der Waals surface area (Å²) < 4.78 is 58.1. The van der Waals surface area contributed by atoms with Gasteiger partial charge < -0.3 is 40.9 Å². The fourth-order valence-electron chi connectivity index (χ4n) is 16.6. The number of benzene rings is 4. The van der Waals surface area contributed by atoms with Gasteiger partial charge in [-0.25, -0.2) is 16.8 Å². The van der Waals surface area contributed by atoms with Crippen LogP contribution in [0.15, 0.2) is 104 Å². The number of fused-ring (bicyclic) bond motifs is 8. The van der Waals surface area contributed by atoms with E-state index in [4.69, 9.17) is 5.73 Å². The molecule has 0 radical (unpaired) electrons. The number of carbonyl (C=O) groups is 4. The molecule has 6 aliphatic heterocycles. The molecule has 4 aromatic carbocycles. The molecule has 6 heterocycles. The molecule has 8 fully saturated rings. The Kier molecular flexibility index (Phi) is 13.8. The van der Waals surface area contributed by atoms with Gasteiger partial charge in [0.2, 0.25) is 11.8 Å². The number of nitrogens with zero attached hydrogens (tertiary/aromatic N) is 4. The van der Waals surface area contributed by atoms with Crippen LogP contribution in [0.4, 0.5) is 11.4 Å². The smallest absolute Gasteiger partial charge is 0.265 e. The van der Waals surface area contributed by atoms with Gasteiger partial charge in [-0.3, -0.25) is 28.0 Å². The number of aliphatic hydroxyl groups excluding tert-OH is 3. The molecule has 2 saturated heterocycles. The number of hydrogen-bond donors (Lipinski definition) is 4. The summed E-state index contributed by atoms with van der Waals surface area (Å²) in [5, 5.41) is 55.7. The summed E-state index contributed by atoms with van der Waals surface area (Å²) in [5.74, 6) is -5.56. The Labute approximate surface area is 497 Å². The van der Waals surface area contributed by atoms with E-state index in [1.807, 2.05) is 36.4 Å². The standard InChI is InChI=1S/C31H35N3O6S2.C31H36N2O7S2/c1-17(32)14-30-8-11-31(12-9-30,13-10-30)15-19-6-7-21-25-20(19)4-3-5-23(25)42(39,40)33(21)16-22-26(29(37)38)34-27(36)24(18(2)35)28(34)41-22;1-18(35)24-27(36)33-26(29(37)38)22(41-28(24)33)17-32-21-7-6-19(20-4-2-5-23(25(20)21)42(32,39)40)16-31-12-9-30(10-13-31,11-14-31)8-3-15-34/h3-7,18,24,28,35H,1,8-16,32H2,2H3,(H,37,38);2,4-7,18,24,28,34-35H,3,8-17H2,1H3,(H,37,38)/p-2. The van der Waals surface area contributed by atoms with Gasteiger partial charge in [-0.2, -0.15) is 0 Å². The second-order valence-electron chi connectivity index (χ2n) is 26.0. The third kappa shape index (κ3) is 8.78. The van der Waals surface area contributed by atoms with Crippen molar-refractivity contribution in [3.8, 4) is 0 Å². The van der Waals surface area contributed by atoms with Crippen LogP contribution in [-0.2, 0) is 52.1 Å². The average Bonchev–Trinajstić information content (AvgIpc) is 2.28. The van der Waals surface area contributed by atoms with Crippen molar-refractivity contribution in [3.05, 3.63) is 105 Å². The predicted octanol–water partition coefficient (Wildman–Crippen LogP) is 5.85. The van der Waals surface area contributed by atoms with Crippen LogP contribution in [0.5, 0.6) is 0 Å². The zero-order chi connectivity index (χ0) is 59.4. The van der Waals surface area contributed by atoms with Crippen molar-refractivity contribution >= 4 is 100 Å². The minimum atomic E-state index is -3.98. The molecular formula is C62H69N5O13S4-2. The lowest BCUT2D eigenvalue weighted by molar-refractivity contribution is -0.302. The summed E-state index contributed by atoms with van der Waals surface area (Å²) in [4.78, 5) is 52.7. The minimum Gasteiger partial charge on any atom is -0.543 e. The van der Waals surface area contributed by atoms with Crippen LogP contribution in [0.3, 0.4) is 0 Å². The van der Waals surface area contributed by atoms with Gasteiger partial charge in [0.15, 0.2) is 0 Å². The van der Waals surface area contributed by atoms with Crippen molar-refractivity contribution in [2.45, 2.75) is 156 Å². The van der Waals surface area contributed by atoms with E-state index in [0.717, 1.165) is 151 Å². The molecule has 18 nitrogen and oxygen atoms in total. The fraction of sp³-hybridized carbons (Fsp3) is 0.516. The maximum Gasteiger partial charge on any atom is 0.265 e. The van der Waals surface area contributed by atoms with Crippen molar-refractivity contribution in [1.29, 1.82) is 0 Å². The summed E-state index contributed by atoms with van der Waals surface area (Å²) in [6.07, 6.45) is 16.4. The van der Waals surface area contributed by atoms with Gasteiger partial charge in [-0.05, 0) is 191 Å². The first-order valence-electron chi connectivity index (χ1n) is 29.3. The zero-order valence-electron chi connectivity index (χ0n) is 47.0. The number of nitrogens with two attached hydrogens (primary N) is 1. The maximum atomic E-state index is 13.9. The van der Waals surface area contributed by atoms with Crippen LogP contribution >= 0.6 is 23.5 Å². The third-order valence-electron chi connectivity index (χ3n) is 21.2. The van der Waals surface area contributed by atoms with Gasteiger partial charge >= 0.3 is 0 Å². The van der Waals surface area contributed by atoms with Crippen molar-refractivity contribution in [2.24, 2.45) is 39.2 Å². The van der Waals surface area contributed by atoms with Crippen LogP contribution in [0.1, 0.15) is 121 Å². The van der Waals surface area contributed by atoms with E-state index in [-0.39, 0.29) is 66.9 Å². The van der Waals surface area contributed by atoms with Crippen molar-refractivity contribution in [2.75, 3.05) is 28.3 Å². The Morgan fingerprint density at radius 3 is 1.37 bits per heavy atom. The van der Waals surface area contributed by atoms with E-state index in [0.29, 0.717) is 27.6 Å². The highest BCUT2D eigenvalue weighted by Crippen LogP contribution is 2.63. The molecular weight excluding hydrogens is 1150 g/mol. The Hall–Kier alpha value is -5.62. The number of carboxylic acid groups (broad SMARTS) is 2. The van der Waals surface area contributed by atoms with Gasteiger partial charge in [-0.1, -0.05) is 66.5 Å². The molecule has 2 amide bonds. The van der Waals surface area contributed by atoms with Crippen molar-refractivity contribution in [3.63, 3.8) is 0 Å². The van der Waals surface area contributed by atoms with E-state index >= 15 is 0 Å². The lowest BCUT2D eigenvalue weighted by Gasteiger charge is -2.54. The number of aliphatic hydroxyl groups is 3. The summed E-state index contributed by atoms with van der Waals surface area (Å²) >= 11 is 2.23. The van der Waals surface area contributed by atoms with Crippen LogP contribution < -0.4 is 24.6 Å². The molecule has 6 unspecified atom stereocenters. The highest BCUT2D eigenvalue weighted by molar-refractivity contribution is 8.04. The summed E-state index contributed by atoms with van der Waals surface area (Å²) in [6.45, 7) is 6.72. The number of sulfonamides is 2. The molecule has 6 saturated carbocycles. The fourth-order valence-corrected chi connectivity index (χ4v) is 23.3. The second kappa shape index (κ2) is 20.2. The normalized spacial score (nSPS) is 31.5. The summed E-state index contributed by atoms with van der Waals surface area (Å²) in [5.41, 5.74) is 10.4. The molecule has 0 aromatic heterocycles. The van der Waals surface area contributed by atoms with Gasteiger partial charge in [0.25, 0.3) is 20.0 Å². The van der Waals surface area contributed by atoms with E-state index in [2.05, 4.69) is 6.58 Å². The number of hydrogen-bond acceptors (Lipinski definition) is 16. The SMILES string of the molecule is C=C(N)CC12CCC(Cc3ccc4c5c(cccc35)S(=O)(=O)N4CC3=C(C(=O)[O-])N4C(=O)C(C(C)O)C4S3)(CC1)CC2.CC(O)C1C(=O)N2C(C(=O)[O-])=C(CN3c4ccc(CC56CCC(CCCO)(CC5)CC6)c5cccc(c45)S3(=O)=O)SC12. The highest BCUT2D eigenvalue weighted by Gasteiger charge is 2.59. The largest absolute Gasteiger partial charge is 0.543 e. The first-order chi connectivity index (χ1) is 39.9. The van der Waals surface area contributed by atoms with Crippen LogP contribution in [0, 0.1) is 33.5 Å². The molecule has 84 heavy (non-hydrogen) atoms. The molecule has 446 valence electrons. The van der Waals surface area contributed by atoms with E-state index in [1.54, 1.807) is 24.3 Å². The van der Waals surface area contributed by atoms with Gasteiger partial charge in [0.05, 0.1) is 81.6 Å². The predicted molar refractivity (Wildman–Crippen MR) is 315 cm³/mol. The highest BCUT2D eigenvalue weighted by atomic mass is 32.2. The minimum absolute atomic E-state index is 0.185. The van der Waals surface area contributed by atoms with Crippen LogP contribution in [0.25, 0.3) is 21.5 Å². The number of carbonyl (C=O) groups excluding carboxylic acids is 4. The molecule has 0 spiro atoms. The quantitative estimate of drug-likeness (QED) is 0.0903. The molecule has 16 rings (SSSR count). The molecule has 6 atom stereocenters. The topological polar surface area (TPSA) is 282 Å². The number of aliphatic carboxylic acids is 2. The molecule has 5 N–H and O–H groups in total. The number of rotatable bonds is 17. The number of allylic oxidation sites excluding steroid dienone is 1. The zero-order valence-corrected chi connectivity index (χ0v) is 50.3. The molecule has 12 aliphatic rings. The summed E-state index contributed by atoms with van der Waals surface area (Å²) in [7, 11) is -7.95. The summed E-state index contributed by atoms with van der Waals surface area (Å²) in [6, 6.07) is 18.5. The first kappa shape index (κ1) is 57.5. The van der Waals surface area contributed by atoms with Crippen LogP contribution in [-0.4, -0.2) is 108 Å².